The van der Waals surface area contributed by atoms with Crippen molar-refractivity contribution in [2.45, 2.75) is 57.9 Å². The molecule has 242 valence electrons. The molecule has 0 aliphatic carbocycles. The molecule has 0 aromatic heterocycles. The zero-order valence-electron chi connectivity index (χ0n) is 26.8. The molecule has 9 heteroatoms. The molecule has 1 heterocycles. The second-order valence-electron chi connectivity index (χ2n) is 12.1. The largest absolute Gasteiger partial charge is 0.378 e. The van der Waals surface area contributed by atoms with Crippen LogP contribution >= 0.6 is 23.2 Å². The lowest BCUT2D eigenvalue weighted by Gasteiger charge is -2.38. The Balaban J connectivity index is 1.35. The predicted molar refractivity (Wildman–Crippen MR) is 188 cm³/mol. The van der Waals surface area contributed by atoms with Gasteiger partial charge in [-0.15, -0.1) is 0 Å². The predicted octanol–water partition coefficient (Wildman–Crippen LogP) is 8.38. The third kappa shape index (κ3) is 10.4. The van der Waals surface area contributed by atoms with Gasteiger partial charge in [-0.1, -0.05) is 80.1 Å². The zero-order chi connectivity index (χ0) is 32.2. The summed E-state index contributed by atoms with van der Waals surface area (Å²) in [4.78, 5) is 30.6. The minimum Gasteiger partial charge on any atom is -0.378 e. The highest BCUT2D eigenvalue weighted by atomic mass is 35.5. The molecule has 0 spiro atoms. The number of urea groups is 1. The number of anilines is 2. The summed E-state index contributed by atoms with van der Waals surface area (Å²) in [6.45, 7) is 5.18. The van der Waals surface area contributed by atoms with Gasteiger partial charge in [-0.25, -0.2) is 4.79 Å². The van der Waals surface area contributed by atoms with Gasteiger partial charge in [0, 0.05) is 42.9 Å². The number of hydrogen-bond acceptors (Lipinski definition) is 4. The van der Waals surface area contributed by atoms with Crippen LogP contribution in [0.1, 0.15) is 79.4 Å². The van der Waals surface area contributed by atoms with Crippen LogP contribution in [0.5, 0.6) is 0 Å². The Kier molecular flexibility index (Phi) is 13.4. The van der Waals surface area contributed by atoms with E-state index >= 15 is 0 Å². The van der Waals surface area contributed by atoms with Crippen LogP contribution in [0, 0.1) is 5.92 Å². The number of unbranched alkanes of at least 4 members (excludes halogenated alkanes) is 4. The Morgan fingerprint density at radius 3 is 2.02 bits per heavy atom. The lowest BCUT2D eigenvalue weighted by Crippen LogP contribution is -2.41. The molecule has 1 aliphatic heterocycles. The van der Waals surface area contributed by atoms with Crippen LogP contribution in [0.3, 0.4) is 0 Å². The molecule has 7 nitrogen and oxygen atoms in total. The normalized spacial score (nSPS) is 13.9. The summed E-state index contributed by atoms with van der Waals surface area (Å²) >= 11 is 12.4. The van der Waals surface area contributed by atoms with Crippen LogP contribution in [0.4, 0.5) is 16.2 Å². The molecule has 3 N–H and O–H groups in total. The van der Waals surface area contributed by atoms with E-state index in [4.69, 9.17) is 23.2 Å². The molecule has 4 rings (SSSR count). The van der Waals surface area contributed by atoms with Crippen LogP contribution in [0.25, 0.3) is 0 Å². The topological polar surface area (TPSA) is 76.7 Å². The van der Waals surface area contributed by atoms with E-state index < -0.39 is 0 Å². The molecular formula is C36H47Cl2N5O2. The van der Waals surface area contributed by atoms with Crippen LogP contribution < -0.4 is 20.9 Å². The minimum atomic E-state index is -0.291. The number of amides is 3. The van der Waals surface area contributed by atoms with E-state index in [1.165, 1.54) is 30.4 Å². The third-order valence-electron chi connectivity index (χ3n) is 8.52. The van der Waals surface area contributed by atoms with Gasteiger partial charge in [0.1, 0.15) is 0 Å². The zero-order valence-corrected chi connectivity index (χ0v) is 28.3. The number of benzene rings is 3. The van der Waals surface area contributed by atoms with Gasteiger partial charge >= 0.3 is 6.03 Å². The lowest BCUT2D eigenvalue weighted by atomic mass is 9.91. The maximum absolute atomic E-state index is 13.5. The number of piperidine rings is 1. The molecule has 3 aromatic carbocycles. The van der Waals surface area contributed by atoms with Crippen LogP contribution in [0.2, 0.25) is 10.0 Å². The molecule has 0 bridgehead atoms. The van der Waals surface area contributed by atoms with E-state index in [0.717, 1.165) is 54.5 Å². The van der Waals surface area contributed by atoms with Crippen molar-refractivity contribution in [1.82, 2.24) is 15.5 Å². The Morgan fingerprint density at radius 2 is 1.44 bits per heavy atom. The highest BCUT2D eigenvalue weighted by Gasteiger charge is 2.28. The number of nitrogens with zero attached hydrogens (tertiary/aromatic N) is 2. The first-order valence-electron chi connectivity index (χ1n) is 16.1. The maximum atomic E-state index is 13.5. The SMILES string of the molecule is CCCCCCCNC(=O)Nc1ccc(N(C)C)cc1C(=O)NCC1CCN(C(c2ccc(Cl)cc2)c2ccc(Cl)cc2)CC1. The van der Waals surface area contributed by atoms with Crippen molar-refractivity contribution in [3.8, 4) is 0 Å². The van der Waals surface area contributed by atoms with Crippen molar-refractivity contribution in [2.75, 3.05) is 50.5 Å². The monoisotopic (exact) mass is 651 g/mol. The second kappa shape index (κ2) is 17.4. The highest BCUT2D eigenvalue weighted by Crippen LogP contribution is 2.33. The summed E-state index contributed by atoms with van der Waals surface area (Å²) in [6.07, 6.45) is 7.55. The van der Waals surface area contributed by atoms with Gasteiger partial charge < -0.3 is 20.9 Å². The minimum absolute atomic E-state index is 0.0972. The fraction of sp³-hybridized carbons (Fsp3) is 0.444. The van der Waals surface area contributed by atoms with Gasteiger partial charge in [-0.2, -0.15) is 0 Å². The lowest BCUT2D eigenvalue weighted by molar-refractivity contribution is 0.0931. The molecule has 1 fully saturated rings. The van der Waals surface area contributed by atoms with E-state index in [1.54, 1.807) is 6.07 Å². The van der Waals surface area contributed by atoms with Crippen molar-refractivity contribution in [1.29, 1.82) is 0 Å². The van der Waals surface area contributed by atoms with E-state index in [9.17, 15) is 9.59 Å². The van der Waals surface area contributed by atoms with Gasteiger partial charge in [0.25, 0.3) is 5.91 Å². The number of nitrogens with one attached hydrogen (secondary N) is 3. The van der Waals surface area contributed by atoms with E-state index in [0.29, 0.717) is 30.3 Å². The van der Waals surface area contributed by atoms with Crippen molar-refractivity contribution in [3.63, 3.8) is 0 Å². The summed E-state index contributed by atoms with van der Waals surface area (Å²) in [7, 11) is 3.87. The summed E-state index contributed by atoms with van der Waals surface area (Å²) < 4.78 is 0. The van der Waals surface area contributed by atoms with E-state index in [2.05, 4.69) is 52.0 Å². The molecule has 3 amide bonds. The van der Waals surface area contributed by atoms with Crippen molar-refractivity contribution >= 4 is 46.5 Å². The molecule has 45 heavy (non-hydrogen) atoms. The molecule has 0 saturated carbocycles. The molecule has 0 radical (unpaired) electrons. The third-order valence-corrected chi connectivity index (χ3v) is 9.02. The number of hydrogen-bond donors (Lipinski definition) is 3. The van der Waals surface area contributed by atoms with Crippen LogP contribution in [-0.2, 0) is 0 Å². The number of carbonyl (C=O) groups excluding carboxylic acids is 2. The van der Waals surface area contributed by atoms with Crippen molar-refractivity contribution in [3.05, 3.63) is 93.5 Å². The summed E-state index contributed by atoms with van der Waals surface area (Å²) in [5.74, 6) is 0.168. The fourth-order valence-electron chi connectivity index (χ4n) is 5.86. The number of likely N-dealkylation sites (tertiary alicyclic amines) is 1. The molecule has 1 aliphatic rings. The average molecular weight is 653 g/mol. The summed E-state index contributed by atoms with van der Waals surface area (Å²) in [5, 5.41) is 10.4. The summed E-state index contributed by atoms with van der Waals surface area (Å²) in [5.41, 5.74) is 4.24. The molecule has 3 aromatic rings. The number of rotatable bonds is 14. The quantitative estimate of drug-likeness (QED) is 0.153. The van der Waals surface area contributed by atoms with E-state index in [-0.39, 0.29) is 18.0 Å². The average Bonchev–Trinajstić information content (AvgIpc) is 3.04. The Bertz CT molecular complexity index is 1330. The van der Waals surface area contributed by atoms with Gasteiger partial charge in [0.2, 0.25) is 0 Å². The Morgan fingerprint density at radius 1 is 0.844 bits per heavy atom. The van der Waals surface area contributed by atoms with Gasteiger partial charge in [0.15, 0.2) is 0 Å². The van der Waals surface area contributed by atoms with Crippen LogP contribution in [-0.4, -0.2) is 57.1 Å². The molecule has 0 atom stereocenters. The standard InChI is InChI=1S/C36H47Cl2N5O2/c1-4-5-6-7-8-21-39-36(45)41-33-18-17-31(42(2)3)24-32(33)35(44)40-25-26-19-22-43(23-20-26)34(27-9-13-29(37)14-10-27)28-11-15-30(38)16-12-28/h9-18,24,26,34H,4-8,19-23,25H2,1-3H3,(H,40,44)(H2,39,41,45). The first kappa shape index (κ1) is 34.6. The Labute approximate surface area is 278 Å². The van der Waals surface area contributed by atoms with Crippen molar-refractivity contribution < 1.29 is 9.59 Å². The van der Waals surface area contributed by atoms with Gasteiger partial charge in [-0.3, -0.25) is 9.69 Å². The van der Waals surface area contributed by atoms with Gasteiger partial charge in [0.05, 0.1) is 17.3 Å². The first-order chi connectivity index (χ1) is 21.7. The van der Waals surface area contributed by atoms with Crippen LogP contribution in [0.15, 0.2) is 66.7 Å². The fourth-order valence-corrected chi connectivity index (χ4v) is 6.11. The molecular weight excluding hydrogens is 605 g/mol. The molecule has 0 unspecified atom stereocenters. The van der Waals surface area contributed by atoms with E-state index in [1.807, 2.05) is 55.4 Å². The molecule has 1 saturated heterocycles. The first-order valence-corrected chi connectivity index (χ1v) is 16.9. The van der Waals surface area contributed by atoms with Crippen molar-refractivity contribution in [2.24, 2.45) is 5.92 Å². The maximum Gasteiger partial charge on any atom is 0.319 e. The number of halogens is 2. The Hall–Kier alpha value is -3.26. The smallest absolute Gasteiger partial charge is 0.319 e. The number of carbonyl (C=O) groups is 2. The summed E-state index contributed by atoms with van der Waals surface area (Å²) in [6, 6.07) is 21.5. The highest BCUT2D eigenvalue weighted by molar-refractivity contribution is 6.30. The second-order valence-corrected chi connectivity index (χ2v) is 13.0. The van der Waals surface area contributed by atoms with Gasteiger partial charge in [-0.05, 0) is 91.9 Å².